The Kier molecular flexibility index (Phi) is 4.77. The molecule has 3 amide bonds. The monoisotopic (exact) mass is 461 g/mol. The van der Waals surface area contributed by atoms with Crippen LogP contribution in [0.1, 0.15) is 54.2 Å². The first-order valence-electron chi connectivity index (χ1n) is 11.1. The number of benzene rings is 1. The lowest BCUT2D eigenvalue weighted by molar-refractivity contribution is -0.125. The van der Waals surface area contributed by atoms with E-state index in [-0.39, 0.29) is 29.9 Å². The minimum atomic E-state index is -2.76. The van der Waals surface area contributed by atoms with Crippen LogP contribution in [0.5, 0.6) is 0 Å². The molecule has 3 aliphatic rings. The zero-order valence-electron chi connectivity index (χ0n) is 18.5. The third kappa shape index (κ3) is 3.85. The summed E-state index contributed by atoms with van der Waals surface area (Å²) in [5.41, 5.74) is 6.76. The fourth-order valence-electron chi connectivity index (χ4n) is 5.23. The fourth-order valence-corrected chi connectivity index (χ4v) is 5.23. The molecule has 1 atom stereocenters. The Morgan fingerprint density at radius 2 is 1.94 bits per heavy atom. The van der Waals surface area contributed by atoms with Crippen LogP contribution in [0.2, 0.25) is 0 Å². The maximum atomic E-state index is 13.8. The van der Waals surface area contributed by atoms with Crippen LogP contribution in [0.15, 0.2) is 18.2 Å². The van der Waals surface area contributed by atoms with Gasteiger partial charge in [0.25, 0.3) is 11.8 Å². The lowest BCUT2D eigenvalue weighted by atomic mass is 9.75. The number of carbonyl (C=O) groups is 2. The molecule has 2 heterocycles. The molecule has 1 aromatic heterocycles. The number of aryl methyl sites for hydroxylation is 1. The molecule has 2 aromatic rings. The van der Waals surface area contributed by atoms with Crippen molar-refractivity contribution in [1.82, 2.24) is 20.0 Å². The number of amides is 3. The molecule has 2 fully saturated rings. The van der Waals surface area contributed by atoms with E-state index in [1.165, 1.54) is 6.07 Å². The van der Waals surface area contributed by atoms with Crippen molar-refractivity contribution >= 4 is 11.9 Å². The first-order chi connectivity index (χ1) is 15.5. The average molecular weight is 461 g/mol. The molecule has 0 spiro atoms. The number of urea groups is 1. The van der Waals surface area contributed by atoms with E-state index in [1.54, 1.807) is 35.6 Å². The summed E-state index contributed by atoms with van der Waals surface area (Å²) in [4.78, 5) is 27.3. The number of alkyl halides is 2. The molecule has 7 nitrogen and oxygen atoms in total. The van der Waals surface area contributed by atoms with Gasteiger partial charge in [0, 0.05) is 18.4 Å². The predicted octanol–water partition coefficient (Wildman–Crippen LogP) is 3.59. The Morgan fingerprint density at radius 3 is 2.52 bits per heavy atom. The van der Waals surface area contributed by atoms with Gasteiger partial charge in [-0.3, -0.25) is 9.48 Å². The summed E-state index contributed by atoms with van der Waals surface area (Å²) < 4.78 is 42.4. The predicted molar refractivity (Wildman–Crippen MR) is 114 cm³/mol. The summed E-state index contributed by atoms with van der Waals surface area (Å²) in [7, 11) is 0. The summed E-state index contributed by atoms with van der Waals surface area (Å²) in [5, 5.41) is 7.41. The smallest absolute Gasteiger partial charge is 0.318 e. The summed E-state index contributed by atoms with van der Waals surface area (Å²) in [5.74, 6) is -3.53. The van der Waals surface area contributed by atoms with Gasteiger partial charge in [0.2, 0.25) is 0 Å². The van der Waals surface area contributed by atoms with E-state index in [2.05, 4.69) is 10.4 Å². The van der Waals surface area contributed by atoms with Crippen molar-refractivity contribution in [3.8, 4) is 11.3 Å². The maximum Gasteiger partial charge on any atom is 0.318 e. The van der Waals surface area contributed by atoms with Crippen LogP contribution in [0, 0.1) is 18.7 Å². The van der Waals surface area contributed by atoms with Gasteiger partial charge in [-0.2, -0.15) is 5.10 Å². The second kappa shape index (κ2) is 7.23. The van der Waals surface area contributed by atoms with Gasteiger partial charge in [0.05, 0.1) is 35.9 Å². The number of fused-ring (bicyclic) bond motifs is 1. The van der Waals surface area contributed by atoms with E-state index in [4.69, 9.17) is 5.73 Å². The van der Waals surface area contributed by atoms with E-state index < -0.39 is 36.2 Å². The third-order valence-electron chi connectivity index (χ3n) is 6.95. The van der Waals surface area contributed by atoms with Crippen molar-refractivity contribution in [3.05, 3.63) is 40.8 Å². The fraction of sp³-hybridized carbons (Fsp3) is 0.522. The topological polar surface area (TPSA) is 93.2 Å². The molecule has 1 unspecified atom stereocenters. The van der Waals surface area contributed by atoms with Gasteiger partial charge >= 0.3 is 6.03 Å². The molecular formula is C23H26F3N5O2. The summed E-state index contributed by atoms with van der Waals surface area (Å²) >= 11 is 0. The van der Waals surface area contributed by atoms with Crippen molar-refractivity contribution in [2.75, 3.05) is 0 Å². The molecule has 33 heavy (non-hydrogen) atoms. The first-order valence-corrected chi connectivity index (χ1v) is 11.1. The molecule has 0 bridgehead atoms. The molecule has 1 aromatic carbocycles. The van der Waals surface area contributed by atoms with Gasteiger partial charge in [-0.25, -0.2) is 18.0 Å². The number of nitrogens with two attached hydrogens (primary N) is 1. The van der Waals surface area contributed by atoms with Gasteiger partial charge in [0.1, 0.15) is 11.5 Å². The summed E-state index contributed by atoms with van der Waals surface area (Å²) in [6.45, 7) is 3.71. The minimum Gasteiger partial charge on any atom is -0.365 e. The third-order valence-corrected chi connectivity index (χ3v) is 6.95. The molecule has 10 heteroatoms. The van der Waals surface area contributed by atoms with Gasteiger partial charge in [0.15, 0.2) is 0 Å². The van der Waals surface area contributed by atoms with Gasteiger partial charge in [-0.1, -0.05) is 0 Å². The average Bonchev–Trinajstić information content (AvgIpc) is 3.47. The lowest BCUT2D eigenvalue weighted by Crippen LogP contribution is -2.64. The molecule has 2 saturated carbocycles. The molecule has 2 aliphatic carbocycles. The van der Waals surface area contributed by atoms with E-state index in [9.17, 15) is 22.8 Å². The van der Waals surface area contributed by atoms with Crippen LogP contribution < -0.4 is 11.1 Å². The molecular weight excluding hydrogens is 435 g/mol. The molecule has 3 N–H and O–H groups in total. The minimum absolute atomic E-state index is 0.0882. The van der Waals surface area contributed by atoms with Crippen molar-refractivity contribution < 1.29 is 22.8 Å². The second-order valence-corrected chi connectivity index (χ2v) is 9.91. The Balaban J connectivity index is 1.49. The maximum absolute atomic E-state index is 13.8. The van der Waals surface area contributed by atoms with Crippen LogP contribution >= 0.6 is 0 Å². The SMILES string of the molecule is Cc1cc(-c2nn3c(c2C(N)=O)CN(C(=O)NC2(C)CC(F)(F)C2)C(C2CC2)C3)ccc1F. The highest BCUT2D eigenvalue weighted by molar-refractivity contribution is 6.00. The lowest BCUT2D eigenvalue weighted by Gasteiger charge is -2.47. The number of aromatic nitrogens is 2. The van der Waals surface area contributed by atoms with E-state index in [0.29, 0.717) is 29.1 Å². The number of hydrogen-bond acceptors (Lipinski definition) is 3. The summed E-state index contributed by atoms with van der Waals surface area (Å²) in [6.07, 6.45) is 1.14. The zero-order chi connectivity index (χ0) is 23.7. The van der Waals surface area contributed by atoms with Crippen molar-refractivity contribution in [2.24, 2.45) is 11.7 Å². The zero-order valence-corrected chi connectivity index (χ0v) is 18.5. The second-order valence-electron chi connectivity index (χ2n) is 9.91. The number of nitrogens with one attached hydrogen (secondary N) is 1. The molecule has 176 valence electrons. The molecule has 1 aliphatic heterocycles. The first kappa shape index (κ1) is 21.8. The molecule has 5 rings (SSSR count). The molecule has 0 saturated heterocycles. The Bertz CT molecular complexity index is 1150. The highest BCUT2D eigenvalue weighted by Gasteiger charge is 2.55. The van der Waals surface area contributed by atoms with E-state index in [1.807, 2.05) is 0 Å². The van der Waals surface area contributed by atoms with Gasteiger partial charge < -0.3 is 16.0 Å². The van der Waals surface area contributed by atoms with Crippen molar-refractivity contribution in [1.29, 1.82) is 0 Å². The van der Waals surface area contributed by atoms with Crippen molar-refractivity contribution in [2.45, 2.75) is 70.1 Å². The highest BCUT2D eigenvalue weighted by atomic mass is 19.3. The van der Waals surface area contributed by atoms with Gasteiger partial charge in [-0.05, 0) is 56.4 Å². The largest absolute Gasteiger partial charge is 0.365 e. The molecule has 0 radical (unpaired) electrons. The Morgan fingerprint density at radius 1 is 1.24 bits per heavy atom. The normalized spacial score (nSPS) is 22.9. The number of hydrogen-bond donors (Lipinski definition) is 2. The van der Waals surface area contributed by atoms with Crippen LogP contribution in [-0.2, 0) is 13.1 Å². The standard InChI is InChI=1S/C23H26F3N5O2/c1-12-7-14(5-6-15(12)24)19-18(20(27)32)17-8-30(16(13-3-4-13)9-31(17)29-19)21(33)28-22(2)10-23(25,26)11-22/h5-7,13,16H,3-4,8-11H2,1-2H3,(H2,27,32)(H,28,33). The van der Waals surface area contributed by atoms with E-state index in [0.717, 1.165) is 12.8 Å². The van der Waals surface area contributed by atoms with E-state index >= 15 is 0 Å². The highest BCUT2D eigenvalue weighted by Crippen LogP contribution is 2.46. The number of halogens is 3. The van der Waals surface area contributed by atoms with Crippen molar-refractivity contribution in [3.63, 3.8) is 0 Å². The quantitative estimate of drug-likeness (QED) is 0.729. The number of primary amides is 1. The Hall–Kier alpha value is -3.04. The van der Waals surface area contributed by atoms with Crippen LogP contribution in [0.3, 0.4) is 0 Å². The number of carbonyl (C=O) groups excluding carboxylic acids is 2. The summed E-state index contributed by atoms with van der Waals surface area (Å²) in [6, 6.07) is 3.88. The van der Waals surface area contributed by atoms with Crippen LogP contribution in [0.25, 0.3) is 11.3 Å². The van der Waals surface area contributed by atoms with Gasteiger partial charge in [-0.15, -0.1) is 0 Å². The van der Waals surface area contributed by atoms with Crippen LogP contribution in [-0.4, -0.2) is 44.1 Å². The Labute approximate surface area is 189 Å². The van der Waals surface area contributed by atoms with Crippen LogP contribution in [0.4, 0.5) is 18.0 Å². The number of nitrogens with zero attached hydrogens (tertiary/aromatic N) is 3. The number of rotatable bonds is 4.